The monoisotopic (exact) mass is 393 g/mol. The normalized spacial score (nSPS) is 11.1. The average Bonchev–Trinajstić information content (AvgIpc) is 2.98. The molecule has 3 aromatic carbocycles. The summed E-state index contributed by atoms with van der Waals surface area (Å²) in [6, 6.07) is 20.7. The molecule has 0 aliphatic carbocycles. The minimum atomic E-state index is -0.315. The van der Waals surface area contributed by atoms with Crippen LogP contribution in [-0.4, -0.2) is 17.6 Å². The van der Waals surface area contributed by atoms with Crippen LogP contribution in [0.15, 0.2) is 71.3 Å². The van der Waals surface area contributed by atoms with Crippen molar-refractivity contribution in [2.45, 2.75) is 6.54 Å². The van der Waals surface area contributed by atoms with Crippen LogP contribution in [0.4, 0.5) is 0 Å². The van der Waals surface area contributed by atoms with E-state index in [9.17, 15) is 4.79 Å². The zero-order valence-electron chi connectivity index (χ0n) is 13.7. The van der Waals surface area contributed by atoms with E-state index in [-0.39, 0.29) is 5.97 Å². The second-order valence-corrected chi connectivity index (χ2v) is 6.92. The minimum Gasteiger partial charge on any atom is -0.465 e. The van der Waals surface area contributed by atoms with Crippen molar-refractivity contribution in [1.29, 1.82) is 0 Å². The standard InChI is InChI=1S/C21H16BrNO2/c1-25-21(24)19-13-23(20-11-17(22)8-9-18(19)20)12-14-6-7-15-4-2-3-5-16(15)10-14/h2-11,13H,12H2,1H3. The van der Waals surface area contributed by atoms with Gasteiger partial charge in [0, 0.05) is 22.6 Å². The molecule has 0 fully saturated rings. The third-order valence-corrected chi connectivity index (χ3v) is 4.91. The van der Waals surface area contributed by atoms with Crippen LogP contribution in [0.3, 0.4) is 0 Å². The van der Waals surface area contributed by atoms with E-state index in [4.69, 9.17) is 4.74 Å². The van der Waals surface area contributed by atoms with Crippen molar-refractivity contribution in [3.63, 3.8) is 0 Å². The number of carbonyl (C=O) groups excluding carboxylic acids is 1. The van der Waals surface area contributed by atoms with Gasteiger partial charge in [0.25, 0.3) is 0 Å². The first-order chi connectivity index (χ1) is 12.2. The molecular formula is C21H16BrNO2. The number of hydrogen-bond donors (Lipinski definition) is 0. The summed E-state index contributed by atoms with van der Waals surface area (Å²) < 4.78 is 8.01. The zero-order valence-corrected chi connectivity index (χ0v) is 15.3. The summed E-state index contributed by atoms with van der Waals surface area (Å²) in [5, 5.41) is 3.34. The Kier molecular flexibility index (Phi) is 4.06. The fraction of sp³-hybridized carbons (Fsp3) is 0.0952. The fourth-order valence-corrected chi connectivity index (χ4v) is 3.55. The van der Waals surface area contributed by atoms with Crippen LogP contribution in [0.25, 0.3) is 21.7 Å². The molecule has 0 aliphatic heterocycles. The van der Waals surface area contributed by atoms with Gasteiger partial charge in [0.1, 0.15) is 0 Å². The minimum absolute atomic E-state index is 0.315. The van der Waals surface area contributed by atoms with Gasteiger partial charge in [0.05, 0.1) is 18.2 Å². The Balaban J connectivity index is 1.82. The fourth-order valence-electron chi connectivity index (χ4n) is 3.20. The molecule has 0 radical (unpaired) electrons. The Labute approximate surface area is 154 Å². The zero-order chi connectivity index (χ0) is 17.4. The lowest BCUT2D eigenvalue weighted by atomic mass is 10.1. The summed E-state index contributed by atoms with van der Waals surface area (Å²) in [4.78, 5) is 12.1. The van der Waals surface area contributed by atoms with Crippen LogP contribution in [0.5, 0.6) is 0 Å². The van der Waals surface area contributed by atoms with Crippen LogP contribution in [-0.2, 0) is 11.3 Å². The van der Waals surface area contributed by atoms with E-state index in [0.717, 1.165) is 15.4 Å². The molecule has 0 saturated heterocycles. The molecule has 0 saturated carbocycles. The van der Waals surface area contributed by atoms with Gasteiger partial charge < -0.3 is 9.30 Å². The van der Waals surface area contributed by atoms with Crippen molar-refractivity contribution >= 4 is 43.6 Å². The third kappa shape index (κ3) is 2.94. The Bertz CT molecular complexity index is 1100. The molecule has 3 nitrogen and oxygen atoms in total. The van der Waals surface area contributed by atoms with E-state index >= 15 is 0 Å². The number of aromatic nitrogens is 1. The summed E-state index contributed by atoms with van der Waals surface area (Å²) in [5.74, 6) is -0.315. The summed E-state index contributed by atoms with van der Waals surface area (Å²) in [6.07, 6.45) is 1.87. The van der Waals surface area contributed by atoms with Crippen molar-refractivity contribution < 1.29 is 9.53 Å². The highest BCUT2D eigenvalue weighted by atomic mass is 79.9. The second-order valence-electron chi connectivity index (χ2n) is 6.01. The number of ether oxygens (including phenoxy) is 1. The van der Waals surface area contributed by atoms with Gasteiger partial charge in [0.2, 0.25) is 0 Å². The molecule has 0 N–H and O–H groups in total. The molecule has 1 aromatic heterocycles. The Morgan fingerprint density at radius 2 is 1.84 bits per heavy atom. The predicted molar refractivity (Wildman–Crippen MR) is 104 cm³/mol. The molecule has 4 rings (SSSR count). The summed E-state index contributed by atoms with van der Waals surface area (Å²) in [6.45, 7) is 0.689. The molecule has 0 unspecified atom stereocenters. The van der Waals surface area contributed by atoms with Gasteiger partial charge in [-0.3, -0.25) is 0 Å². The molecule has 0 bridgehead atoms. The number of methoxy groups -OCH3 is 1. The first kappa shape index (κ1) is 15.9. The number of hydrogen-bond acceptors (Lipinski definition) is 2. The number of benzene rings is 3. The molecule has 25 heavy (non-hydrogen) atoms. The SMILES string of the molecule is COC(=O)c1cn(Cc2ccc3ccccc3c2)c2cc(Br)ccc12. The van der Waals surface area contributed by atoms with Crippen LogP contribution in [0.2, 0.25) is 0 Å². The molecule has 0 amide bonds. The van der Waals surface area contributed by atoms with Crippen molar-refractivity contribution in [3.8, 4) is 0 Å². The molecule has 0 spiro atoms. The van der Waals surface area contributed by atoms with E-state index in [1.54, 1.807) is 0 Å². The lowest BCUT2D eigenvalue weighted by Gasteiger charge is -2.07. The van der Waals surface area contributed by atoms with Gasteiger partial charge >= 0.3 is 5.97 Å². The highest BCUT2D eigenvalue weighted by molar-refractivity contribution is 9.10. The highest BCUT2D eigenvalue weighted by Crippen LogP contribution is 2.27. The first-order valence-corrected chi connectivity index (χ1v) is 8.79. The van der Waals surface area contributed by atoms with E-state index in [1.165, 1.54) is 23.4 Å². The van der Waals surface area contributed by atoms with E-state index in [1.807, 2.05) is 36.5 Å². The maximum atomic E-state index is 12.1. The average molecular weight is 394 g/mol. The summed E-state index contributed by atoms with van der Waals surface area (Å²) in [7, 11) is 1.41. The summed E-state index contributed by atoms with van der Waals surface area (Å²) in [5.41, 5.74) is 2.78. The molecular weight excluding hydrogens is 378 g/mol. The maximum Gasteiger partial charge on any atom is 0.340 e. The largest absolute Gasteiger partial charge is 0.465 e. The lowest BCUT2D eigenvalue weighted by Crippen LogP contribution is -2.01. The van der Waals surface area contributed by atoms with Gasteiger partial charge in [-0.1, -0.05) is 58.4 Å². The van der Waals surface area contributed by atoms with Crippen molar-refractivity contribution in [1.82, 2.24) is 4.57 Å². The van der Waals surface area contributed by atoms with E-state index < -0.39 is 0 Å². The number of esters is 1. The molecule has 0 aliphatic rings. The van der Waals surface area contributed by atoms with Crippen LogP contribution < -0.4 is 0 Å². The highest BCUT2D eigenvalue weighted by Gasteiger charge is 2.16. The molecule has 124 valence electrons. The number of carbonyl (C=O) groups is 1. The van der Waals surface area contributed by atoms with Crippen LogP contribution in [0, 0.1) is 0 Å². The molecule has 0 atom stereocenters. The molecule has 1 heterocycles. The Morgan fingerprint density at radius 1 is 1.04 bits per heavy atom. The van der Waals surface area contributed by atoms with Crippen molar-refractivity contribution in [2.24, 2.45) is 0 Å². The predicted octanol–water partition coefficient (Wildman–Crippen LogP) is 5.39. The van der Waals surface area contributed by atoms with Gasteiger partial charge in [-0.05, 0) is 34.5 Å². The van der Waals surface area contributed by atoms with E-state index in [2.05, 4.69) is 50.8 Å². The number of fused-ring (bicyclic) bond motifs is 2. The Morgan fingerprint density at radius 3 is 2.64 bits per heavy atom. The smallest absolute Gasteiger partial charge is 0.340 e. The number of nitrogens with zero attached hydrogens (tertiary/aromatic N) is 1. The third-order valence-electron chi connectivity index (χ3n) is 4.42. The number of rotatable bonds is 3. The quantitative estimate of drug-likeness (QED) is 0.436. The van der Waals surface area contributed by atoms with Gasteiger partial charge in [-0.25, -0.2) is 4.79 Å². The summed E-state index contributed by atoms with van der Waals surface area (Å²) >= 11 is 3.52. The number of halogens is 1. The van der Waals surface area contributed by atoms with Crippen molar-refractivity contribution in [3.05, 3.63) is 82.5 Å². The van der Waals surface area contributed by atoms with Gasteiger partial charge in [-0.15, -0.1) is 0 Å². The Hall–Kier alpha value is -2.59. The molecule has 4 aromatic rings. The van der Waals surface area contributed by atoms with Crippen LogP contribution in [0.1, 0.15) is 15.9 Å². The lowest BCUT2D eigenvalue weighted by molar-refractivity contribution is 0.0602. The topological polar surface area (TPSA) is 31.2 Å². The van der Waals surface area contributed by atoms with Crippen molar-refractivity contribution in [2.75, 3.05) is 7.11 Å². The van der Waals surface area contributed by atoms with E-state index in [0.29, 0.717) is 12.1 Å². The second kappa shape index (κ2) is 6.37. The van der Waals surface area contributed by atoms with Gasteiger partial charge in [-0.2, -0.15) is 0 Å². The maximum absolute atomic E-state index is 12.1. The van der Waals surface area contributed by atoms with Crippen LogP contribution >= 0.6 is 15.9 Å². The van der Waals surface area contributed by atoms with Gasteiger partial charge in [0.15, 0.2) is 0 Å². The molecule has 4 heteroatoms. The first-order valence-electron chi connectivity index (χ1n) is 8.00.